The summed E-state index contributed by atoms with van der Waals surface area (Å²) in [5, 5.41) is 9.29. The molecule has 8 atom stereocenters. The van der Waals surface area contributed by atoms with Crippen LogP contribution in [-0.4, -0.2) is 40.3 Å². The van der Waals surface area contributed by atoms with Crippen molar-refractivity contribution in [1.82, 2.24) is 0 Å². The summed E-state index contributed by atoms with van der Waals surface area (Å²) < 4.78 is 12.5. The molecular formula is C23H28O7. The number of ketones is 1. The van der Waals surface area contributed by atoms with Gasteiger partial charge in [0.15, 0.2) is 5.78 Å². The van der Waals surface area contributed by atoms with Crippen molar-refractivity contribution < 1.29 is 34.0 Å². The van der Waals surface area contributed by atoms with Gasteiger partial charge in [-0.3, -0.25) is 9.59 Å². The topological polar surface area (TPSA) is 102 Å². The van der Waals surface area contributed by atoms with Crippen LogP contribution < -0.4 is 0 Å². The van der Waals surface area contributed by atoms with Gasteiger partial charge in [-0.2, -0.15) is 5.26 Å². The van der Waals surface area contributed by atoms with Gasteiger partial charge in [0.25, 0.3) is 0 Å². The number of hydrogen-bond donors (Lipinski definition) is 1. The molecule has 1 N–H and O–H groups in total. The molecule has 2 heterocycles. The monoisotopic (exact) mass is 416 g/mol. The number of carbonyl (C=O) groups is 3. The smallest absolute Gasteiger partial charge is 0.345 e. The molecule has 0 aromatic heterocycles. The van der Waals surface area contributed by atoms with Gasteiger partial charge in [-0.25, -0.2) is 4.79 Å². The van der Waals surface area contributed by atoms with Gasteiger partial charge in [0.05, 0.1) is 12.0 Å². The first-order valence-electron chi connectivity index (χ1n) is 11.2. The molecule has 0 amide bonds. The van der Waals surface area contributed by atoms with Crippen LogP contribution in [0.1, 0.15) is 65.2 Å². The van der Waals surface area contributed by atoms with Crippen LogP contribution in [0.2, 0.25) is 0 Å². The third kappa shape index (κ3) is 1.93. The lowest BCUT2D eigenvalue weighted by Gasteiger charge is -2.58. The Morgan fingerprint density at radius 3 is 2.70 bits per heavy atom. The number of epoxide rings is 1. The van der Waals surface area contributed by atoms with Crippen molar-refractivity contribution >= 4 is 17.7 Å². The molecule has 2 saturated heterocycles. The van der Waals surface area contributed by atoms with Crippen LogP contribution in [0.25, 0.3) is 0 Å². The summed E-state index contributed by atoms with van der Waals surface area (Å²) >= 11 is 0. The quantitative estimate of drug-likeness (QED) is 0.303. The van der Waals surface area contributed by atoms with Crippen LogP contribution in [-0.2, 0) is 28.7 Å². The van der Waals surface area contributed by atoms with E-state index in [0.29, 0.717) is 19.3 Å². The van der Waals surface area contributed by atoms with Crippen molar-refractivity contribution in [2.45, 2.75) is 82.5 Å². The second-order valence-electron chi connectivity index (χ2n) is 10.8. The van der Waals surface area contributed by atoms with Crippen molar-refractivity contribution in [2.24, 2.45) is 28.6 Å². The fraction of sp³-hybridized carbons (Fsp3) is 0.783. The molecule has 0 aromatic carbocycles. The molecule has 0 bridgehead atoms. The zero-order valence-electron chi connectivity index (χ0n) is 17.4. The Morgan fingerprint density at radius 2 is 2.00 bits per heavy atom. The zero-order valence-corrected chi connectivity index (χ0v) is 17.4. The predicted octanol–water partition coefficient (Wildman–Crippen LogP) is 2.97. The van der Waals surface area contributed by atoms with Gasteiger partial charge in [-0.1, -0.05) is 19.4 Å². The van der Waals surface area contributed by atoms with E-state index < -0.39 is 23.1 Å². The van der Waals surface area contributed by atoms with E-state index in [9.17, 15) is 19.6 Å². The van der Waals surface area contributed by atoms with Gasteiger partial charge < -0.3 is 14.4 Å². The largest absolute Gasteiger partial charge is 0.458 e. The van der Waals surface area contributed by atoms with Crippen LogP contribution in [0.15, 0.2) is 11.6 Å². The number of esters is 1. The van der Waals surface area contributed by atoms with Gasteiger partial charge in [-0.05, 0) is 50.5 Å². The van der Waals surface area contributed by atoms with Crippen molar-refractivity contribution in [3.05, 3.63) is 11.6 Å². The second kappa shape index (κ2) is 5.54. The fourth-order valence-corrected chi connectivity index (χ4v) is 8.60. The highest BCUT2D eigenvalue weighted by Crippen LogP contribution is 2.78. The summed E-state index contributed by atoms with van der Waals surface area (Å²) in [5.41, 5.74) is -0.623. The number of ether oxygens (including phenoxy) is 2. The zero-order chi connectivity index (χ0) is 21.1. The molecule has 0 radical (unpaired) electrons. The minimum atomic E-state index is -0.650. The van der Waals surface area contributed by atoms with Crippen molar-refractivity contribution in [3.63, 3.8) is 0 Å². The predicted molar refractivity (Wildman–Crippen MR) is 102 cm³/mol. The minimum Gasteiger partial charge on any atom is -0.458 e. The van der Waals surface area contributed by atoms with Crippen LogP contribution in [0, 0.1) is 28.6 Å². The molecule has 6 aliphatic rings. The number of hydrogen-bond acceptors (Lipinski definition) is 7. The Morgan fingerprint density at radius 1 is 1.20 bits per heavy atom. The van der Waals surface area contributed by atoms with E-state index in [1.165, 1.54) is 0 Å². The SMILES string of the molecule is CC12C[C@@H]3O[C@@]34C(C1CC[C@@]21CCC(=O)O1)[C@H](C(=O)OO)CC1=CC(=O)CCC14C. The maximum absolute atomic E-state index is 12.8. The molecule has 5 fully saturated rings. The molecular weight excluding hydrogens is 388 g/mol. The molecule has 0 aromatic rings. The van der Waals surface area contributed by atoms with Gasteiger partial charge in [0.2, 0.25) is 0 Å². The molecule has 162 valence electrons. The normalized spacial score (nSPS) is 53.2. The van der Waals surface area contributed by atoms with Crippen molar-refractivity contribution in [2.75, 3.05) is 0 Å². The minimum absolute atomic E-state index is 0.0473. The van der Waals surface area contributed by atoms with Gasteiger partial charge in [0, 0.05) is 29.6 Å². The van der Waals surface area contributed by atoms with E-state index in [1.807, 2.05) is 0 Å². The Bertz CT molecular complexity index is 909. The Balaban J connectivity index is 1.49. The maximum Gasteiger partial charge on any atom is 0.345 e. The lowest BCUT2D eigenvalue weighted by Crippen LogP contribution is -2.63. The fourth-order valence-electron chi connectivity index (χ4n) is 8.60. The van der Waals surface area contributed by atoms with Crippen LogP contribution in [0.4, 0.5) is 0 Å². The van der Waals surface area contributed by atoms with E-state index in [0.717, 1.165) is 37.7 Å². The second-order valence-corrected chi connectivity index (χ2v) is 10.8. The lowest BCUT2D eigenvalue weighted by molar-refractivity contribution is -0.245. The average molecular weight is 416 g/mol. The summed E-state index contributed by atoms with van der Waals surface area (Å²) in [6, 6.07) is 0. The third-order valence-corrected chi connectivity index (χ3v) is 10.1. The first-order chi connectivity index (χ1) is 14.2. The maximum atomic E-state index is 12.8. The van der Waals surface area contributed by atoms with Crippen molar-refractivity contribution in [1.29, 1.82) is 0 Å². The lowest BCUT2D eigenvalue weighted by atomic mass is 9.43. The third-order valence-electron chi connectivity index (χ3n) is 10.1. The molecule has 6 rings (SSSR count). The molecule has 7 nitrogen and oxygen atoms in total. The molecule has 4 aliphatic carbocycles. The van der Waals surface area contributed by atoms with Gasteiger partial charge in [-0.15, -0.1) is 0 Å². The molecule has 30 heavy (non-hydrogen) atoms. The Labute approximate surface area is 175 Å². The summed E-state index contributed by atoms with van der Waals surface area (Å²) in [6.07, 6.45) is 6.88. The van der Waals surface area contributed by atoms with E-state index in [1.54, 1.807) is 6.08 Å². The Kier molecular flexibility index (Phi) is 3.51. The summed E-state index contributed by atoms with van der Waals surface area (Å²) in [7, 11) is 0. The molecule has 3 saturated carbocycles. The van der Waals surface area contributed by atoms with Crippen LogP contribution >= 0.6 is 0 Å². The van der Waals surface area contributed by atoms with Gasteiger partial charge >= 0.3 is 11.9 Å². The first-order valence-corrected chi connectivity index (χ1v) is 11.2. The first kappa shape index (κ1) is 19.0. The van der Waals surface area contributed by atoms with Crippen molar-refractivity contribution in [3.8, 4) is 0 Å². The van der Waals surface area contributed by atoms with Crippen LogP contribution in [0.3, 0.4) is 0 Å². The Hall–Kier alpha value is -1.73. The number of fused-ring (bicyclic) bond motifs is 4. The number of carbonyl (C=O) groups excluding carboxylic acids is 3. The standard InChI is InChI=1S/C23H28O7/c1-20-6-3-13(24)9-12(20)10-14(19(26)30-27)18-15-4-7-22(8-5-17(25)29-22)21(15,2)11-16-23(18,20)28-16/h9,14-16,18,27H,3-8,10-11H2,1-2H3/t14-,15?,16+,18?,20?,21?,22-,23-/m1/s1. The van der Waals surface area contributed by atoms with E-state index in [4.69, 9.17) is 9.47 Å². The van der Waals surface area contributed by atoms with Gasteiger partial charge in [0.1, 0.15) is 11.2 Å². The number of rotatable bonds is 1. The van der Waals surface area contributed by atoms with E-state index >= 15 is 0 Å². The molecule has 2 aliphatic heterocycles. The summed E-state index contributed by atoms with van der Waals surface area (Å²) in [5.74, 6) is -1.27. The highest BCUT2D eigenvalue weighted by molar-refractivity contribution is 5.92. The molecule has 4 unspecified atom stereocenters. The van der Waals surface area contributed by atoms with E-state index in [2.05, 4.69) is 18.7 Å². The highest BCUT2D eigenvalue weighted by Gasteiger charge is 2.83. The summed E-state index contributed by atoms with van der Waals surface area (Å²) in [4.78, 5) is 41.3. The van der Waals surface area contributed by atoms with E-state index in [-0.39, 0.29) is 40.5 Å². The molecule has 2 spiro atoms. The average Bonchev–Trinajstić information content (AvgIpc) is 3.20. The van der Waals surface area contributed by atoms with Crippen LogP contribution in [0.5, 0.6) is 0 Å². The highest BCUT2D eigenvalue weighted by atomic mass is 17.1. The summed E-state index contributed by atoms with van der Waals surface area (Å²) in [6.45, 7) is 4.38. The molecule has 7 heteroatoms.